The van der Waals surface area contributed by atoms with Gasteiger partial charge in [-0.05, 0) is 42.9 Å². The van der Waals surface area contributed by atoms with Crippen molar-refractivity contribution in [2.24, 2.45) is 5.73 Å². The molecule has 0 bridgehead atoms. The Balaban J connectivity index is 1.50. The van der Waals surface area contributed by atoms with Crippen molar-refractivity contribution in [3.05, 3.63) is 40.9 Å². The van der Waals surface area contributed by atoms with Crippen molar-refractivity contribution < 1.29 is 4.79 Å². The first-order valence-corrected chi connectivity index (χ1v) is 11.3. The van der Waals surface area contributed by atoms with Gasteiger partial charge in [0.2, 0.25) is 5.91 Å². The van der Waals surface area contributed by atoms with Crippen LogP contribution in [0.4, 0.5) is 11.5 Å². The summed E-state index contributed by atoms with van der Waals surface area (Å²) in [7, 11) is 0. The first kappa shape index (κ1) is 21.0. The van der Waals surface area contributed by atoms with Crippen LogP contribution in [0.5, 0.6) is 0 Å². The van der Waals surface area contributed by atoms with Gasteiger partial charge in [0, 0.05) is 19.1 Å². The smallest absolute Gasteiger partial charge is 0.242 e. The Bertz CT molecular complexity index is 1190. The molecule has 1 saturated heterocycles. The number of fused-ring (bicyclic) bond motifs is 1. The lowest BCUT2D eigenvalue weighted by Gasteiger charge is -2.28. The fourth-order valence-electron chi connectivity index (χ4n) is 4.45. The molecular weight excluding hydrogens is 428 g/mol. The molecule has 2 aromatic heterocycles. The van der Waals surface area contributed by atoms with Crippen LogP contribution in [0.3, 0.4) is 0 Å². The highest BCUT2D eigenvalue weighted by Gasteiger charge is 2.43. The second kappa shape index (κ2) is 7.90. The Kier molecular flexibility index (Phi) is 5.17. The topological polar surface area (TPSA) is 128 Å². The summed E-state index contributed by atoms with van der Waals surface area (Å²) in [5.41, 5.74) is 16.0. The molecule has 1 amide bonds. The molecule has 0 spiro atoms. The number of carbonyl (C=O) groups is 1. The molecule has 1 aromatic carbocycles. The number of halogens is 1. The van der Waals surface area contributed by atoms with Crippen LogP contribution in [0.2, 0.25) is 5.02 Å². The van der Waals surface area contributed by atoms with Crippen molar-refractivity contribution in [3.63, 3.8) is 0 Å². The number of aromatic nitrogens is 4. The highest BCUT2D eigenvalue weighted by Crippen LogP contribution is 2.37. The molecule has 32 heavy (non-hydrogen) atoms. The largest absolute Gasteiger partial charge is 0.382 e. The molecule has 5 N–H and O–H groups in total. The molecule has 168 valence electrons. The van der Waals surface area contributed by atoms with Crippen LogP contribution < -0.4 is 21.7 Å². The second-order valence-corrected chi connectivity index (χ2v) is 9.17. The Morgan fingerprint density at radius 3 is 2.88 bits per heavy atom. The summed E-state index contributed by atoms with van der Waals surface area (Å²) in [5, 5.41) is 3.70. The number of rotatable bonds is 6. The van der Waals surface area contributed by atoms with Crippen molar-refractivity contribution in [1.29, 1.82) is 0 Å². The normalized spacial score (nSPS) is 20.8. The second-order valence-electron chi connectivity index (χ2n) is 8.77. The number of benzene rings is 1. The van der Waals surface area contributed by atoms with Gasteiger partial charge < -0.3 is 26.3 Å². The fourth-order valence-corrected chi connectivity index (χ4v) is 4.75. The number of nitrogens with zero attached hydrogens (tertiary/aromatic N) is 5. The van der Waals surface area contributed by atoms with Crippen molar-refractivity contribution in [2.75, 3.05) is 23.7 Å². The molecule has 3 aromatic rings. The summed E-state index contributed by atoms with van der Waals surface area (Å²) >= 11 is 6.74. The number of nitrogens with two attached hydrogens (primary N) is 2. The SMILES string of the molecule is CCc1ccc(Cl)c(N2CC[C@](N)(C(=O)NC3CC3)C2)c1Cn1cnc2c(N)ncnc21. The van der Waals surface area contributed by atoms with E-state index in [4.69, 9.17) is 23.1 Å². The molecule has 0 radical (unpaired) electrons. The van der Waals surface area contributed by atoms with Gasteiger partial charge in [0.1, 0.15) is 17.4 Å². The molecule has 1 aliphatic heterocycles. The molecule has 0 unspecified atom stereocenters. The molecule has 5 rings (SSSR count). The third kappa shape index (κ3) is 3.65. The summed E-state index contributed by atoms with van der Waals surface area (Å²) < 4.78 is 1.95. The van der Waals surface area contributed by atoms with Gasteiger partial charge in [0.25, 0.3) is 0 Å². The monoisotopic (exact) mass is 454 g/mol. The number of aryl methyl sites for hydroxylation is 1. The van der Waals surface area contributed by atoms with E-state index in [0.717, 1.165) is 30.5 Å². The predicted molar refractivity (Wildman–Crippen MR) is 125 cm³/mol. The van der Waals surface area contributed by atoms with E-state index < -0.39 is 5.54 Å². The van der Waals surface area contributed by atoms with Crippen molar-refractivity contribution in [1.82, 2.24) is 24.8 Å². The first-order valence-electron chi connectivity index (χ1n) is 11.0. The van der Waals surface area contributed by atoms with E-state index in [1.54, 1.807) is 6.33 Å². The molecule has 1 aliphatic carbocycles. The maximum Gasteiger partial charge on any atom is 0.242 e. The van der Waals surface area contributed by atoms with Gasteiger partial charge in [-0.2, -0.15) is 0 Å². The van der Waals surface area contributed by atoms with Crippen molar-refractivity contribution in [2.45, 2.75) is 50.7 Å². The van der Waals surface area contributed by atoms with Crippen LogP contribution >= 0.6 is 11.6 Å². The van der Waals surface area contributed by atoms with E-state index >= 15 is 0 Å². The minimum atomic E-state index is -0.922. The molecule has 1 saturated carbocycles. The van der Waals surface area contributed by atoms with Gasteiger partial charge in [-0.1, -0.05) is 24.6 Å². The number of imidazole rings is 1. The van der Waals surface area contributed by atoms with E-state index in [2.05, 4.69) is 38.2 Å². The number of amides is 1. The van der Waals surface area contributed by atoms with Crippen LogP contribution in [0.15, 0.2) is 24.8 Å². The van der Waals surface area contributed by atoms with Crippen LogP contribution in [0.25, 0.3) is 11.2 Å². The van der Waals surface area contributed by atoms with Gasteiger partial charge in [-0.15, -0.1) is 0 Å². The average Bonchev–Trinajstić information content (AvgIpc) is 3.35. The van der Waals surface area contributed by atoms with Gasteiger partial charge in [0.05, 0.1) is 23.6 Å². The van der Waals surface area contributed by atoms with E-state index in [0.29, 0.717) is 48.1 Å². The Morgan fingerprint density at radius 1 is 1.31 bits per heavy atom. The third-order valence-corrected chi connectivity index (χ3v) is 6.76. The van der Waals surface area contributed by atoms with Crippen LogP contribution in [0, 0.1) is 0 Å². The Labute approximate surface area is 191 Å². The van der Waals surface area contributed by atoms with Crippen LogP contribution in [-0.4, -0.2) is 50.1 Å². The van der Waals surface area contributed by atoms with Crippen molar-refractivity contribution in [3.8, 4) is 0 Å². The number of carbonyl (C=O) groups excluding carboxylic acids is 1. The minimum absolute atomic E-state index is 0.0698. The lowest BCUT2D eigenvalue weighted by molar-refractivity contribution is -0.125. The number of hydrogen-bond donors (Lipinski definition) is 3. The highest BCUT2D eigenvalue weighted by molar-refractivity contribution is 6.33. The van der Waals surface area contributed by atoms with Crippen LogP contribution in [0.1, 0.15) is 37.3 Å². The molecule has 10 heteroatoms. The number of nitrogen functional groups attached to an aromatic ring is 1. The van der Waals surface area contributed by atoms with Crippen LogP contribution in [-0.2, 0) is 17.8 Å². The summed E-state index contributed by atoms with van der Waals surface area (Å²) in [6, 6.07) is 4.25. The zero-order chi connectivity index (χ0) is 22.5. The van der Waals surface area contributed by atoms with E-state index in [1.807, 2.05) is 10.6 Å². The van der Waals surface area contributed by atoms with Gasteiger partial charge >= 0.3 is 0 Å². The Morgan fingerprint density at radius 2 is 2.12 bits per heavy atom. The summed E-state index contributed by atoms with van der Waals surface area (Å²) in [6.45, 7) is 3.72. The minimum Gasteiger partial charge on any atom is -0.382 e. The predicted octanol–water partition coefficient (Wildman–Crippen LogP) is 1.86. The van der Waals surface area contributed by atoms with E-state index in [-0.39, 0.29) is 11.9 Å². The Hall–Kier alpha value is -2.91. The van der Waals surface area contributed by atoms with Gasteiger partial charge in [-0.25, -0.2) is 15.0 Å². The maximum atomic E-state index is 12.8. The number of nitrogens with one attached hydrogen (secondary N) is 1. The average molecular weight is 455 g/mol. The molecule has 3 heterocycles. The molecular formula is C22H27ClN8O. The summed E-state index contributed by atoms with van der Waals surface area (Å²) in [5.74, 6) is 0.282. The summed E-state index contributed by atoms with van der Waals surface area (Å²) in [4.78, 5) is 27.7. The van der Waals surface area contributed by atoms with E-state index in [1.165, 1.54) is 11.9 Å². The summed E-state index contributed by atoms with van der Waals surface area (Å²) in [6.07, 6.45) is 6.65. The first-order chi connectivity index (χ1) is 15.4. The highest BCUT2D eigenvalue weighted by atomic mass is 35.5. The fraction of sp³-hybridized carbons (Fsp3) is 0.455. The third-order valence-electron chi connectivity index (χ3n) is 6.45. The van der Waals surface area contributed by atoms with Gasteiger partial charge in [-0.3, -0.25) is 4.79 Å². The quantitative estimate of drug-likeness (QED) is 0.518. The molecule has 1 atom stereocenters. The molecule has 2 fully saturated rings. The number of anilines is 2. The standard InChI is InChI=1S/C22H27ClN8O/c1-2-13-3-6-16(23)18(30-8-7-22(25,10-30)21(32)29-14-4-5-14)15(13)9-31-12-28-17-19(24)26-11-27-20(17)31/h3,6,11-12,14H,2,4-5,7-10,25H2,1H3,(H,29,32)(H2,24,26,27)/t22-/m1/s1. The van der Waals surface area contributed by atoms with Crippen molar-refractivity contribution >= 4 is 40.2 Å². The maximum absolute atomic E-state index is 12.8. The zero-order valence-corrected chi connectivity index (χ0v) is 18.8. The molecule has 9 nitrogen and oxygen atoms in total. The number of hydrogen-bond acceptors (Lipinski definition) is 7. The lowest BCUT2D eigenvalue weighted by Crippen LogP contribution is -2.56. The van der Waals surface area contributed by atoms with E-state index in [9.17, 15) is 4.79 Å². The molecule has 2 aliphatic rings. The zero-order valence-electron chi connectivity index (χ0n) is 18.0. The van der Waals surface area contributed by atoms with Gasteiger partial charge in [0.15, 0.2) is 11.5 Å². The lowest BCUT2D eigenvalue weighted by atomic mass is 9.98.